The maximum Gasteiger partial charge on any atom is 0.331 e. The molecule has 0 radical (unpaired) electrons. The van der Waals surface area contributed by atoms with E-state index in [1.807, 2.05) is 60.7 Å². The molecule has 0 N–H and O–H groups in total. The van der Waals surface area contributed by atoms with Gasteiger partial charge in [0.05, 0.1) is 17.4 Å². The summed E-state index contributed by atoms with van der Waals surface area (Å²) in [5.74, 6) is 1.46. The lowest BCUT2D eigenvalue weighted by Crippen LogP contribution is -2.42. The zero-order valence-electron chi connectivity index (χ0n) is 19.5. The van der Waals surface area contributed by atoms with Crippen LogP contribution in [0.25, 0.3) is 10.9 Å². The SMILES string of the molecule is O=c1c2ccccc2n(Cc2ccccc2)c(=O)n1CCN1CC2CC(c3ccc(F)cc3)C2C1. The fraction of sp³-hybridized carbons (Fsp3) is 0.310. The van der Waals surface area contributed by atoms with Crippen LogP contribution < -0.4 is 11.2 Å². The number of rotatable bonds is 6. The van der Waals surface area contributed by atoms with Crippen molar-refractivity contribution in [3.63, 3.8) is 0 Å². The van der Waals surface area contributed by atoms with E-state index in [4.69, 9.17) is 0 Å². The molecule has 0 spiro atoms. The second-order valence-corrected chi connectivity index (χ2v) is 9.91. The summed E-state index contributed by atoms with van der Waals surface area (Å²) < 4.78 is 16.4. The van der Waals surface area contributed by atoms with E-state index in [0.29, 0.717) is 48.3 Å². The minimum Gasteiger partial charge on any atom is -0.301 e. The summed E-state index contributed by atoms with van der Waals surface area (Å²) in [7, 11) is 0. The lowest BCUT2D eigenvalue weighted by Gasteiger charge is -2.40. The van der Waals surface area contributed by atoms with Crippen LogP contribution >= 0.6 is 0 Å². The number of likely N-dealkylation sites (tertiary alicyclic amines) is 1. The number of aromatic nitrogens is 2. The third kappa shape index (κ3) is 4.02. The van der Waals surface area contributed by atoms with Gasteiger partial charge in [0.1, 0.15) is 5.82 Å². The molecular weight excluding hydrogens is 441 g/mol. The summed E-state index contributed by atoms with van der Waals surface area (Å²) in [6, 6.07) is 24.1. The Morgan fingerprint density at radius 2 is 1.54 bits per heavy atom. The van der Waals surface area contributed by atoms with E-state index < -0.39 is 0 Å². The Morgan fingerprint density at radius 3 is 2.34 bits per heavy atom. The molecule has 3 atom stereocenters. The van der Waals surface area contributed by atoms with E-state index in [1.54, 1.807) is 22.8 Å². The molecule has 1 saturated heterocycles. The minimum atomic E-state index is -0.260. The molecule has 1 aliphatic carbocycles. The maximum absolute atomic E-state index is 13.5. The first-order valence-corrected chi connectivity index (χ1v) is 12.3. The number of hydrogen-bond acceptors (Lipinski definition) is 3. The summed E-state index contributed by atoms with van der Waals surface area (Å²) in [5.41, 5.74) is 2.42. The molecular formula is C29H28FN3O2. The number of fused-ring (bicyclic) bond motifs is 2. The van der Waals surface area contributed by atoms with Crippen molar-refractivity contribution < 1.29 is 4.39 Å². The van der Waals surface area contributed by atoms with Gasteiger partial charge in [0, 0.05) is 26.2 Å². The van der Waals surface area contributed by atoms with Gasteiger partial charge in [-0.1, -0.05) is 54.6 Å². The Hall–Kier alpha value is -3.51. The Bertz CT molecular complexity index is 1480. The van der Waals surface area contributed by atoms with Crippen molar-refractivity contribution in [2.45, 2.75) is 25.4 Å². The highest BCUT2D eigenvalue weighted by atomic mass is 19.1. The molecule has 35 heavy (non-hydrogen) atoms. The summed E-state index contributed by atoms with van der Waals surface area (Å²) in [6.07, 6.45) is 1.12. The molecule has 0 amide bonds. The van der Waals surface area contributed by atoms with E-state index in [9.17, 15) is 14.0 Å². The van der Waals surface area contributed by atoms with Crippen LogP contribution in [0.2, 0.25) is 0 Å². The van der Waals surface area contributed by atoms with Crippen molar-refractivity contribution in [3.8, 4) is 0 Å². The van der Waals surface area contributed by atoms with Gasteiger partial charge in [-0.15, -0.1) is 0 Å². The van der Waals surface area contributed by atoms with Gasteiger partial charge in [-0.2, -0.15) is 0 Å². The molecule has 4 aromatic rings. The molecule has 6 rings (SSSR count). The highest BCUT2D eigenvalue weighted by Crippen LogP contribution is 2.51. The maximum atomic E-state index is 13.5. The lowest BCUT2D eigenvalue weighted by atomic mass is 9.64. The fourth-order valence-electron chi connectivity index (χ4n) is 6.00. The summed E-state index contributed by atoms with van der Waals surface area (Å²) in [6.45, 7) is 3.41. The highest BCUT2D eigenvalue weighted by Gasteiger charge is 2.47. The number of benzene rings is 3. The first-order valence-electron chi connectivity index (χ1n) is 12.3. The second-order valence-electron chi connectivity index (χ2n) is 9.91. The third-order valence-corrected chi connectivity index (χ3v) is 7.89. The molecule has 6 heteroatoms. The van der Waals surface area contributed by atoms with Crippen molar-refractivity contribution in [1.82, 2.24) is 14.0 Å². The molecule has 178 valence electrons. The van der Waals surface area contributed by atoms with Crippen LogP contribution in [0.1, 0.15) is 23.5 Å². The Labute approximate surface area is 203 Å². The van der Waals surface area contributed by atoms with Crippen molar-refractivity contribution in [1.29, 1.82) is 0 Å². The molecule has 2 fully saturated rings. The van der Waals surface area contributed by atoms with Crippen LogP contribution in [-0.2, 0) is 13.1 Å². The van der Waals surface area contributed by atoms with Crippen LogP contribution in [0.4, 0.5) is 4.39 Å². The normalized spacial score (nSPS) is 21.7. The summed E-state index contributed by atoms with van der Waals surface area (Å²) >= 11 is 0. The smallest absolute Gasteiger partial charge is 0.301 e. The molecule has 2 heterocycles. The molecule has 3 unspecified atom stereocenters. The average molecular weight is 470 g/mol. The van der Waals surface area contributed by atoms with E-state index >= 15 is 0 Å². The standard InChI is InChI=1S/C29H28FN3O2/c30-23-12-10-21(11-13-23)25-16-22-18-31(19-26(22)25)14-15-32-28(34)24-8-4-5-9-27(24)33(29(32)35)17-20-6-2-1-3-7-20/h1-13,22,25-26H,14-19H2. The first-order chi connectivity index (χ1) is 17.1. The molecule has 3 aromatic carbocycles. The van der Waals surface area contributed by atoms with Crippen LogP contribution in [-0.4, -0.2) is 33.7 Å². The Morgan fingerprint density at radius 1 is 0.800 bits per heavy atom. The number of hydrogen-bond donors (Lipinski definition) is 0. The van der Waals surface area contributed by atoms with Crippen molar-refractivity contribution >= 4 is 10.9 Å². The van der Waals surface area contributed by atoms with E-state index in [1.165, 1.54) is 10.1 Å². The Kier molecular flexibility index (Phi) is 5.61. The predicted molar refractivity (Wildman–Crippen MR) is 135 cm³/mol. The van der Waals surface area contributed by atoms with E-state index in [2.05, 4.69) is 4.90 Å². The minimum absolute atomic E-state index is 0.198. The largest absolute Gasteiger partial charge is 0.331 e. The molecule has 5 nitrogen and oxygen atoms in total. The van der Waals surface area contributed by atoms with E-state index in [0.717, 1.165) is 25.1 Å². The quantitative estimate of drug-likeness (QED) is 0.428. The lowest BCUT2D eigenvalue weighted by molar-refractivity contribution is 0.191. The van der Waals surface area contributed by atoms with Gasteiger partial charge in [0.25, 0.3) is 5.56 Å². The van der Waals surface area contributed by atoms with Crippen molar-refractivity contribution in [2.75, 3.05) is 19.6 Å². The number of para-hydroxylation sites is 1. The van der Waals surface area contributed by atoms with Gasteiger partial charge >= 0.3 is 5.69 Å². The van der Waals surface area contributed by atoms with Gasteiger partial charge in [0.2, 0.25) is 0 Å². The monoisotopic (exact) mass is 469 g/mol. The van der Waals surface area contributed by atoms with Crippen LogP contribution in [0, 0.1) is 17.7 Å². The number of nitrogens with zero attached hydrogens (tertiary/aromatic N) is 3. The predicted octanol–water partition coefficient (Wildman–Crippen LogP) is 4.09. The third-order valence-electron chi connectivity index (χ3n) is 7.89. The first kappa shape index (κ1) is 22.0. The van der Waals surface area contributed by atoms with Gasteiger partial charge < -0.3 is 4.90 Å². The zero-order chi connectivity index (χ0) is 23.9. The summed E-state index contributed by atoms with van der Waals surface area (Å²) in [4.78, 5) is 29.1. The highest BCUT2D eigenvalue weighted by molar-refractivity contribution is 5.77. The molecule has 1 saturated carbocycles. The second kappa shape index (κ2) is 8.93. The Balaban J connectivity index is 1.23. The van der Waals surface area contributed by atoms with Gasteiger partial charge in [-0.3, -0.25) is 13.9 Å². The fourth-order valence-corrected chi connectivity index (χ4v) is 6.00. The van der Waals surface area contributed by atoms with Crippen molar-refractivity contribution in [3.05, 3.63) is 117 Å². The van der Waals surface area contributed by atoms with E-state index in [-0.39, 0.29) is 17.1 Å². The molecule has 1 aromatic heterocycles. The van der Waals surface area contributed by atoms with Gasteiger partial charge in [0.15, 0.2) is 0 Å². The molecule has 1 aliphatic heterocycles. The van der Waals surface area contributed by atoms with Gasteiger partial charge in [-0.05, 0) is 59.6 Å². The van der Waals surface area contributed by atoms with Gasteiger partial charge in [-0.25, -0.2) is 9.18 Å². The van der Waals surface area contributed by atoms with Crippen molar-refractivity contribution in [2.24, 2.45) is 11.8 Å². The summed E-state index contributed by atoms with van der Waals surface area (Å²) in [5, 5.41) is 0.570. The molecule has 2 aliphatic rings. The zero-order valence-corrected chi connectivity index (χ0v) is 19.5. The van der Waals surface area contributed by atoms with Crippen LogP contribution in [0.3, 0.4) is 0 Å². The average Bonchev–Trinajstić information content (AvgIpc) is 3.19. The topological polar surface area (TPSA) is 47.2 Å². The molecule has 0 bridgehead atoms. The number of halogens is 1. The van der Waals surface area contributed by atoms with Crippen LogP contribution in [0.15, 0.2) is 88.5 Å². The van der Waals surface area contributed by atoms with Crippen LogP contribution in [0.5, 0.6) is 0 Å².